The van der Waals surface area contributed by atoms with Gasteiger partial charge in [0.05, 0.1) is 23.4 Å². The zero-order valence-electron chi connectivity index (χ0n) is 11.6. The van der Waals surface area contributed by atoms with Gasteiger partial charge in [-0.1, -0.05) is 36.4 Å². The number of hydrogen-bond acceptors (Lipinski definition) is 5. The number of anilines is 1. The Hall–Kier alpha value is -3.21. The molecule has 0 fully saturated rings. The van der Waals surface area contributed by atoms with Crippen molar-refractivity contribution in [3.63, 3.8) is 0 Å². The summed E-state index contributed by atoms with van der Waals surface area (Å²) in [5, 5.41) is 15.9. The third-order valence-corrected chi connectivity index (χ3v) is 3.18. The van der Waals surface area contributed by atoms with E-state index in [-0.39, 0.29) is 5.56 Å². The lowest BCUT2D eigenvalue weighted by Gasteiger charge is -2.04. The van der Waals surface area contributed by atoms with Gasteiger partial charge < -0.3 is 9.90 Å². The number of nitrogens with one attached hydrogen (secondary N) is 1. The molecule has 0 amide bonds. The Kier molecular flexibility index (Phi) is 3.78. The average Bonchev–Trinajstić information content (AvgIpc) is 2.55. The topological polar surface area (TPSA) is 77.4 Å². The lowest BCUT2D eigenvalue weighted by atomic mass is 10.1. The maximum atomic E-state index is 10.7. The molecule has 3 aromatic rings. The van der Waals surface area contributed by atoms with E-state index >= 15 is 0 Å². The number of carboxylic acid groups (broad SMARTS) is 1. The summed E-state index contributed by atoms with van der Waals surface area (Å²) in [5.41, 5.74) is 5.45. The molecule has 0 atom stereocenters. The highest BCUT2D eigenvalue weighted by Crippen LogP contribution is 2.14. The Bertz CT molecular complexity index is 837. The molecule has 0 aliphatic rings. The molecule has 0 aliphatic carbocycles. The zero-order valence-corrected chi connectivity index (χ0v) is 11.6. The van der Waals surface area contributed by atoms with Crippen molar-refractivity contribution in [2.75, 3.05) is 5.43 Å². The van der Waals surface area contributed by atoms with E-state index in [1.807, 2.05) is 30.3 Å². The number of carbonyl (C=O) groups excluding carboxylic acids is 1. The van der Waals surface area contributed by atoms with Crippen LogP contribution in [0.15, 0.2) is 65.9 Å². The Morgan fingerprint density at radius 3 is 2.64 bits per heavy atom. The van der Waals surface area contributed by atoms with Gasteiger partial charge in [-0.3, -0.25) is 10.4 Å². The number of hydrazone groups is 1. The monoisotopic (exact) mass is 290 g/mol. The number of nitrogens with zero attached hydrogens (tertiary/aromatic N) is 2. The number of para-hydroxylation sites is 1. The highest BCUT2D eigenvalue weighted by molar-refractivity contribution is 5.97. The Morgan fingerprint density at radius 2 is 1.86 bits per heavy atom. The standard InChI is InChI=1S/C17H13N3O2/c21-17(22)13-6-8-15(9-7-13)20-19-11-14-4-1-3-12-5-2-10-18-16(12)14/h1-11,20H,(H,21,22)/p-1/b19-11-. The summed E-state index contributed by atoms with van der Waals surface area (Å²) in [5.74, 6) is -1.20. The Labute approximate surface area is 126 Å². The number of benzene rings is 2. The van der Waals surface area contributed by atoms with Gasteiger partial charge in [-0.25, -0.2) is 0 Å². The van der Waals surface area contributed by atoms with Gasteiger partial charge in [-0.2, -0.15) is 5.10 Å². The van der Waals surface area contributed by atoms with Crippen molar-refractivity contribution in [2.24, 2.45) is 5.10 Å². The molecule has 22 heavy (non-hydrogen) atoms. The van der Waals surface area contributed by atoms with E-state index in [1.165, 1.54) is 12.1 Å². The molecule has 0 spiro atoms. The van der Waals surface area contributed by atoms with Crippen LogP contribution in [-0.4, -0.2) is 17.2 Å². The predicted octanol–water partition coefficient (Wildman–Crippen LogP) is 2.04. The first-order valence-corrected chi connectivity index (χ1v) is 6.68. The normalized spacial score (nSPS) is 10.9. The van der Waals surface area contributed by atoms with Gasteiger partial charge in [0.1, 0.15) is 0 Å². The molecule has 0 bridgehead atoms. The van der Waals surface area contributed by atoms with E-state index in [0.29, 0.717) is 5.69 Å². The van der Waals surface area contributed by atoms with Gasteiger partial charge in [0.15, 0.2) is 0 Å². The second-order valence-corrected chi connectivity index (χ2v) is 4.66. The van der Waals surface area contributed by atoms with Gasteiger partial charge in [-0.15, -0.1) is 0 Å². The quantitative estimate of drug-likeness (QED) is 0.589. The molecule has 0 saturated carbocycles. The minimum Gasteiger partial charge on any atom is -0.545 e. The van der Waals surface area contributed by atoms with Crippen LogP contribution in [0, 0.1) is 0 Å². The first-order chi connectivity index (χ1) is 10.7. The van der Waals surface area contributed by atoms with Crippen LogP contribution in [-0.2, 0) is 0 Å². The molecule has 0 aliphatic heterocycles. The SMILES string of the molecule is O=C([O-])c1ccc(N/N=C\c2cccc3cccnc23)cc1. The summed E-state index contributed by atoms with van der Waals surface area (Å²) in [6.45, 7) is 0. The molecule has 0 saturated heterocycles. The summed E-state index contributed by atoms with van der Waals surface area (Å²) >= 11 is 0. The average molecular weight is 290 g/mol. The van der Waals surface area contributed by atoms with Crippen molar-refractivity contribution in [1.29, 1.82) is 0 Å². The van der Waals surface area contributed by atoms with Crippen LogP contribution in [0.2, 0.25) is 0 Å². The van der Waals surface area contributed by atoms with Crippen LogP contribution < -0.4 is 10.5 Å². The van der Waals surface area contributed by atoms with Crippen molar-refractivity contribution >= 4 is 28.8 Å². The van der Waals surface area contributed by atoms with E-state index in [1.54, 1.807) is 24.5 Å². The van der Waals surface area contributed by atoms with Crippen LogP contribution in [0.5, 0.6) is 0 Å². The second-order valence-electron chi connectivity index (χ2n) is 4.66. The van der Waals surface area contributed by atoms with Crippen molar-refractivity contribution in [2.45, 2.75) is 0 Å². The second kappa shape index (κ2) is 6.05. The molecule has 5 nitrogen and oxygen atoms in total. The maximum Gasteiger partial charge on any atom is 0.0790 e. The molecule has 2 aromatic carbocycles. The first-order valence-electron chi connectivity index (χ1n) is 6.68. The van der Waals surface area contributed by atoms with E-state index < -0.39 is 5.97 Å². The van der Waals surface area contributed by atoms with Gasteiger partial charge in [0.2, 0.25) is 0 Å². The van der Waals surface area contributed by atoms with E-state index in [4.69, 9.17) is 0 Å². The van der Waals surface area contributed by atoms with Gasteiger partial charge in [0, 0.05) is 17.1 Å². The van der Waals surface area contributed by atoms with E-state index in [0.717, 1.165) is 16.5 Å². The van der Waals surface area contributed by atoms with Crippen LogP contribution in [0.3, 0.4) is 0 Å². The number of carboxylic acids is 1. The largest absolute Gasteiger partial charge is 0.545 e. The number of carbonyl (C=O) groups is 1. The molecular weight excluding hydrogens is 278 g/mol. The molecule has 3 rings (SSSR count). The number of pyridine rings is 1. The number of rotatable bonds is 4. The molecule has 1 heterocycles. The third-order valence-electron chi connectivity index (χ3n) is 3.18. The first kappa shape index (κ1) is 13.8. The number of aromatic carboxylic acids is 1. The van der Waals surface area contributed by atoms with Crippen molar-refractivity contribution in [3.8, 4) is 0 Å². The van der Waals surface area contributed by atoms with E-state index in [9.17, 15) is 9.90 Å². The molecule has 108 valence electrons. The highest BCUT2D eigenvalue weighted by atomic mass is 16.4. The van der Waals surface area contributed by atoms with Crippen molar-refractivity contribution < 1.29 is 9.90 Å². The molecule has 1 N–H and O–H groups in total. The zero-order chi connectivity index (χ0) is 15.4. The lowest BCUT2D eigenvalue weighted by Crippen LogP contribution is -2.21. The fourth-order valence-corrected chi connectivity index (χ4v) is 2.09. The van der Waals surface area contributed by atoms with Crippen LogP contribution in [0.25, 0.3) is 10.9 Å². The summed E-state index contributed by atoms with van der Waals surface area (Å²) in [6.07, 6.45) is 3.42. The van der Waals surface area contributed by atoms with Crippen LogP contribution in [0.4, 0.5) is 5.69 Å². The summed E-state index contributed by atoms with van der Waals surface area (Å²) in [4.78, 5) is 15.0. The molecular formula is C17H12N3O2-. The number of fused-ring (bicyclic) bond motifs is 1. The fraction of sp³-hybridized carbons (Fsp3) is 0. The summed E-state index contributed by atoms with van der Waals surface area (Å²) < 4.78 is 0. The Morgan fingerprint density at radius 1 is 1.09 bits per heavy atom. The fourth-order valence-electron chi connectivity index (χ4n) is 2.09. The minimum atomic E-state index is -1.20. The van der Waals surface area contributed by atoms with Crippen LogP contribution >= 0.6 is 0 Å². The molecule has 1 aromatic heterocycles. The van der Waals surface area contributed by atoms with Gasteiger partial charge in [0.25, 0.3) is 0 Å². The summed E-state index contributed by atoms with van der Waals surface area (Å²) in [7, 11) is 0. The maximum absolute atomic E-state index is 10.7. The lowest BCUT2D eigenvalue weighted by molar-refractivity contribution is -0.255. The van der Waals surface area contributed by atoms with Gasteiger partial charge in [-0.05, 0) is 23.8 Å². The third kappa shape index (κ3) is 2.93. The van der Waals surface area contributed by atoms with Crippen LogP contribution in [0.1, 0.15) is 15.9 Å². The molecule has 5 heteroatoms. The van der Waals surface area contributed by atoms with Gasteiger partial charge >= 0.3 is 0 Å². The molecule has 0 radical (unpaired) electrons. The summed E-state index contributed by atoms with van der Waals surface area (Å²) in [6, 6.07) is 15.9. The minimum absolute atomic E-state index is 0.132. The smallest absolute Gasteiger partial charge is 0.0790 e. The molecule has 0 unspecified atom stereocenters. The van der Waals surface area contributed by atoms with E-state index in [2.05, 4.69) is 15.5 Å². The van der Waals surface area contributed by atoms with Crippen molar-refractivity contribution in [3.05, 3.63) is 71.9 Å². The number of hydrogen-bond donors (Lipinski definition) is 1. The van der Waals surface area contributed by atoms with Crippen molar-refractivity contribution in [1.82, 2.24) is 4.98 Å². The highest BCUT2D eigenvalue weighted by Gasteiger charge is 1.98. The number of aromatic nitrogens is 1. The predicted molar refractivity (Wildman–Crippen MR) is 83.7 cm³/mol. The Balaban J connectivity index is 1.77.